The van der Waals surface area contributed by atoms with E-state index in [1.54, 1.807) is 12.5 Å². The number of anilines is 2. The standard InChI is InChI=1S/C9H13N5OS/c1-2-15-7-8(10)14-16-9(7)12-4-6-3-11-5-13-6/h3,5,12H,2,4H2,1H3,(H2,10,14)(H,11,13). The van der Waals surface area contributed by atoms with E-state index < -0.39 is 0 Å². The van der Waals surface area contributed by atoms with Crippen LogP contribution in [0.3, 0.4) is 0 Å². The lowest BCUT2D eigenvalue weighted by Crippen LogP contribution is -2.01. The van der Waals surface area contributed by atoms with Crippen LogP contribution in [0.1, 0.15) is 12.6 Å². The summed E-state index contributed by atoms with van der Waals surface area (Å²) in [6.45, 7) is 3.12. The molecule has 0 aromatic carbocycles. The van der Waals surface area contributed by atoms with Gasteiger partial charge in [-0.3, -0.25) is 0 Å². The molecule has 0 radical (unpaired) electrons. The molecule has 7 heteroatoms. The van der Waals surface area contributed by atoms with Gasteiger partial charge in [0, 0.05) is 6.20 Å². The number of nitrogens with two attached hydrogens (primary N) is 1. The highest BCUT2D eigenvalue weighted by molar-refractivity contribution is 7.11. The molecule has 2 rings (SSSR count). The molecule has 0 aliphatic heterocycles. The fourth-order valence-corrected chi connectivity index (χ4v) is 1.90. The van der Waals surface area contributed by atoms with Gasteiger partial charge in [0.2, 0.25) is 0 Å². The highest BCUT2D eigenvalue weighted by atomic mass is 32.1. The third-order valence-corrected chi connectivity index (χ3v) is 2.76. The van der Waals surface area contributed by atoms with Gasteiger partial charge in [-0.15, -0.1) is 0 Å². The fraction of sp³-hybridized carbons (Fsp3) is 0.333. The Hall–Kier alpha value is -1.76. The molecule has 0 saturated carbocycles. The molecular weight excluding hydrogens is 226 g/mol. The molecule has 2 heterocycles. The summed E-state index contributed by atoms with van der Waals surface area (Å²) in [4.78, 5) is 6.94. The van der Waals surface area contributed by atoms with Crippen LogP contribution in [0.5, 0.6) is 5.75 Å². The van der Waals surface area contributed by atoms with Crippen LogP contribution in [0.4, 0.5) is 10.8 Å². The van der Waals surface area contributed by atoms with E-state index in [0.29, 0.717) is 24.7 Å². The second-order valence-electron chi connectivity index (χ2n) is 3.09. The molecule has 0 aliphatic rings. The Morgan fingerprint density at radius 3 is 3.19 bits per heavy atom. The summed E-state index contributed by atoms with van der Waals surface area (Å²) in [5.74, 6) is 1.06. The first kappa shape index (κ1) is 10.7. The van der Waals surface area contributed by atoms with Crippen molar-refractivity contribution in [3.05, 3.63) is 18.2 Å². The maximum Gasteiger partial charge on any atom is 0.197 e. The third kappa shape index (κ3) is 2.25. The fourth-order valence-electron chi connectivity index (χ4n) is 1.25. The lowest BCUT2D eigenvalue weighted by Gasteiger charge is -2.06. The third-order valence-electron chi connectivity index (χ3n) is 1.96. The van der Waals surface area contributed by atoms with Crippen LogP contribution in [0, 0.1) is 0 Å². The SMILES string of the molecule is CCOc1c(N)nsc1NCc1cnc[nH]1. The Morgan fingerprint density at radius 2 is 2.50 bits per heavy atom. The van der Waals surface area contributed by atoms with Crippen molar-refractivity contribution in [1.29, 1.82) is 0 Å². The Morgan fingerprint density at radius 1 is 1.62 bits per heavy atom. The largest absolute Gasteiger partial charge is 0.487 e. The van der Waals surface area contributed by atoms with Crippen LogP contribution in [-0.4, -0.2) is 20.9 Å². The molecule has 0 unspecified atom stereocenters. The normalized spacial score (nSPS) is 10.3. The van der Waals surface area contributed by atoms with E-state index in [0.717, 1.165) is 10.7 Å². The summed E-state index contributed by atoms with van der Waals surface area (Å²) in [6.07, 6.45) is 3.40. The van der Waals surface area contributed by atoms with Crippen molar-refractivity contribution in [1.82, 2.24) is 14.3 Å². The first-order valence-electron chi connectivity index (χ1n) is 4.90. The number of hydrogen-bond donors (Lipinski definition) is 3. The van der Waals surface area contributed by atoms with Crippen molar-refractivity contribution in [2.75, 3.05) is 17.7 Å². The Balaban J connectivity index is 2.03. The summed E-state index contributed by atoms with van der Waals surface area (Å²) < 4.78 is 9.45. The van der Waals surface area contributed by atoms with Gasteiger partial charge in [-0.25, -0.2) is 4.98 Å². The smallest absolute Gasteiger partial charge is 0.197 e. The quantitative estimate of drug-likeness (QED) is 0.735. The van der Waals surface area contributed by atoms with E-state index in [1.165, 1.54) is 11.5 Å². The van der Waals surface area contributed by atoms with Crippen LogP contribution < -0.4 is 15.8 Å². The van der Waals surface area contributed by atoms with E-state index in [9.17, 15) is 0 Å². The maximum atomic E-state index is 5.69. The number of nitrogens with one attached hydrogen (secondary N) is 2. The lowest BCUT2D eigenvalue weighted by atomic mass is 10.4. The Bertz CT molecular complexity index is 439. The van der Waals surface area contributed by atoms with E-state index in [-0.39, 0.29) is 0 Å². The zero-order valence-electron chi connectivity index (χ0n) is 8.86. The molecule has 16 heavy (non-hydrogen) atoms. The summed E-state index contributed by atoms with van der Waals surface area (Å²) in [7, 11) is 0. The highest BCUT2D eigenvalue weighted by Gasteiger charge is 2.12. The number of aromatic nitrogens is 3. The molecule has 0 saturated heterocycles. The number of H-pyrrole nitrogens is 1. The molecule has 2 aromatic heterocycles. The maximum absolute atomic E-state index is 5.69. The van der Waals surface area contributed by atoms with Gasteiger partial charge in [-0.05, 0) is 18.5 Å². The summed E-state index contributed by atoms with van der Waals surface area (Å²) in [5, 5.41) is 4.04. The molecule has 4 N–H and O–H groups in total. The second kappa shape index (κ2) is 4.84. The zero-order chi connectivity index (χ0) is 11.4. The molecule has 2 aromatic rings. The minimum absolute atomic E-state index is 0.430. The van der Waals surface area contributed by atoms with E-state index in [4.69, 9.17) is 10.5 Å². The van der Waals surface area contributed by atoms with Crippen molar-refractivity contribution >= 4 is 22.4 Å². The van der Waals surface area contributed by atoms with E-state index >= 15 is 0 Å². The lowest BCUT2D eigenvalue weighted by molar-refractivity contribution is 0.344. The van der Waals surface area contributed by atoms with Gasteiger partial charge >= 0.3 is 0 Å². The van der Waals surface area contributed by atoms with Crippen LogP contribution in [0.2, 0.25) is 0 Å². The topological polar surface area (TPSA) is 88.8 Å². The van der Waals surface area contributed by atoms with Gasteiger partial charge in [-0.1, -0.05) is 0 Å². The molecule has 6 nitrogen and oxygen atoms in total. The summed E-state index contributed by atoms with van der Waals surface area (Å²) in [5.41, 5.74) is 6.69. The van der Waals surface area contributed by atoms with Gasteiger partial charge in [0.05, 0.1) is 25.2 Å². The average Bonchev–Trinajstić information content (AvgIpc) is 2.89. The van der Waals surface area contributed by atoms with Crippen LogP contribution in [0.15, 0.2) is 12.5 Å². The molecular formula is C9H13N5OS. The highest BCUT2D eigenvalue weighted by Crippen LogP contribution is 2.35. The summed E-state index contributed by atoms with van der Waals surface area (Å²) in [6, 6.07) is 0. The number of rotatable bonds is 5. The Labute approximate surface area is 97.0 Å². The number of nitrogen functional groups attached to an aromatic ring is 1. The van der Waals surface area contributed by atoms with Gasteiger partial charge < -0.3 is 20.8 Å². The van der Waals surface area contributed by atoms with Crippen LogP contribution in [-0.2, 0) is 6.54 Å². The minimum atomic E-state index is 0.430. The van der Waals surface area contributed by atoms with Crippen molar-refractivity contribution in [3.63, 3.8) is 0 Å². The summed E-state index contributed by atoms with van der Waals surface area (Å²) >= 11 is 1.29. The van der Waals surface area contributed by atoms with Crippen LogP contribution >= 0.6 is 11.5 Å². The number of hydrogen-bond acceptors (Lipinski definition) is 6. The van der Waals surface area contributed by atoms with E-state index in [2.05, 4.69) is 19.7 Å². The van der Waals surface area contributed by atoms with Crippen molar-refractivity contribution < 1.29 is 4.74 Å². The number of imidazole rings is 1. The van der Waals surface area contributed by atoms with Gasteiger partial charge in [0.1, 0.15) is 0 Å². The molecule has 86 valence electrons. The monoisotopic (exact) mass is 239 g/mol. The predicted molar refractivity (Wildman–Crippen MR) is 63.6 cm³/mol. The number of aromatic amines is 1. The molecule has 0 amide bonds. The second-order valence-corrected chi connectivity index (χ2v) is 3.86. The van der Waals surface area contributed by atoms with E-state index in [1.807, 2.05) is 6.92 Å². The van der Waals surface area contributed by atoms with Crippen molar-refractivity contribution in [2.45, 2.75) is 13.5 Å². The number of ether oxygens (including phenoxy) is 1. The Kier molecular flexibility index (Phi) is 3.25. The predicted octanol–water partition coefficient (Wildman–Crippen LogP) is 1.46. The van der Waals surface area contributed by atoms with Gasteiger partial charge in [-0.2, -0.15) is 4.37 Å². The molecule has 0 bridgehead atoms. The molecule has 0 spiro atoms. The first-order valence-corrected chi connectivity index (χ1v) is 5.67. The zero-order valence-corrected chi connectivity index (χ0v) is 9.67. The molecule has 0 aliphatic carbocycles. The average molecular weight is 239 g/mol. The van der Waals surface area contributed by atoms with Crippen molar-refractivity contribution in [2.24, 2.45) is 0 Å². The first-order chi connectivity index (χ1) is 7.81. The molecule has 0 fully saturated rings. The van der Waals surface area contributed by atoms with Crippen molar-refractivity contribution in [3.8, 4) is 5.75 Å². The van der Waals surface area contributed by atoms with Crippen LogP contribution in [0.25, 0.3) is 0 Å². The van der Waals surface area contributed by atoms with Gasteiger partial charge in [0.25, 0.3) is 0 Å². The van der Waals surface area contributed by atoms with Gasteiger partial charge in [0.15, 0.2) is 16.6 Å². The number of nitrogens with zero attached hydrogens (tertiary/aromatic N) is 2. The molecule has 0 atom stereocenters. The minimum Gasteiger partial charge on any atom is -0.487 e.